The van der Waals surface area contributed by atoms with Crippen LogP contribution in [0.5, 0.6) is 0 Å². The lowest BCUT2D eigenvalue weighted by atomic mass is 10.1. The molecule has 0 bridgehead atoms. The quantitative estimate of drug-likeness (QED) is 0.779. The van der Waals surface area contributed by atoms with Gasteiger partial charge in [-0.15, -0.1) is 0 Å². The Hall–Kier alpha value is -0.280. The molecule has 0 saturated carbocycles. The van der Waals surface area contributed by atoms with Gasteiger partial charge in [0.15, 0.2) is 0 Å². The maximum atomic E-state index is 12.6. The van der Waals surface area contributed by atoms with Gasteiger partial charge in [0.25, 0.3) is 0 Å². The van der Waals surface area contributed by atoms with Crippen LogP contribution in [0.2, 0.25) is 0 Å². The average molecular weight is 271 g/mol. The fraction of sp³-hybridized carbons (Fsp3) is 0.500. The summed E-state index contributed by atoms with van der Waals surface area (Å²) in [6.45, 7) is 1.78. The minimum Gasteiger partial charge on any atom is -0.310 e. The van der Waals surface area contributed by atoms with E-state index in [0.29, 0.717) is 6.61 Å². The van der Waals surface area contributed by atoms with Crippen LogP contribution < -0.4 is 0 Å². The van der Waals surface area contributed by atoms with Gasteiger partial charge in [0, 0.05) is 6.04 Å². The summed E-state index contributed by atoms with van der Waals surface area (Å²) in [7, 11) is 1.89. The molecule has 1 fully saturated rings. The lowest BCUT2D eigenvalue weighted by Gasteiger charge is -2.21. The van der Waals surface area contributed by atoms with Gasteiger partial charge in [-0.2, -0.15) is 0 Å². The molecule has 1 aromatic carbocycles. The first kappa shape index (κ1) is 13.2. The molecule has 0 spiro atoms. The molecular formula is C12H18NO2PS. The molecule has 94 valence electrons. The zero-order chi connectivity index (χ0) is 12.5. The van der Waals surface area contributed by atoms with Crippen molar-refractivity contribution < 1.29 is 9.09 Å². The van der Waals surface area contributed by atoms with Crippen molar-refractivity contribution in [1.29, 1.82) is 0 Å². The lowest BCUT2D eigenvalue weighted by molar-refractivity contribution is 0.285. The topological polar surface area (TPSA) is 29.5 Å². The van der Waals surface area contributed by atoms with Gasteiger partial charge < -0.3 is 4.52 Å². The van der Waals surface area contributed by atoms with Crippen LogP contribution in [0.3, 0.4) is 0 Å². The van der Waals surface area contributed by atoms with Crippen molar-refractivity contribution >= 4 is 18.1 Å². The molecule has 1 aliphatic heterocycles. The van der Waals surface area contributed by atoms with Gasteiger partial charge in [-0.25, -0.2) is 4.67 Å². The summed E-state index contributed by atoms with van der Waals surface area (Å²) in [5.41, 5.74) is 1.22. The molecule has 3 nitrogen and oxygen atoms in total. The monoisotopic (exact) mass is 271 g/mol. The minimum absolute atomic E-state index is 0.221. The molecule has 0 radical (unpaired) electrons. The van der Waals surface area contributed by atoms with Crippen molar-refractivity contribution in [3.63, 3.8) is 0 Å². The smallest absolute Gasteiger partial charge is 0.310 e. The molecule has 1 aliphatic rings. The summed E-state index contributed by atoms with van der Waals surface area (Å²) < 4.78 is 20.0. The van der Waals surface area contributed by atoms with Gasteiger partial charge in [0.05, 0.1) is 11.9 Å². The second-order valence-corrected chi connectivity index (χ2v) is 8.70. The van der Waals surface area contributed by atoms with Crippen molar-refractivity contribution in [2.75, 3.05) is 13.7 Å². The fourth-order valence-electron chi connectivity index (χ4n) is 1.99. The SMILES string of the molecule is CCOP1(=O)S[C@@H](c2ccccc2)[C@H](C)N1C. The predicted molar refractivity (Wildman–Crippen MR) is 73.2 cm³/mol. The van der Waals surface area contributed by atoms with Gasteiger partial charge >= 0.3 is 6.72 Å². The van der Waals surface area contributed by atoms with Gasteiger partial charge in [-0.1, -0.05) is 30.3 Å². The van der Waals surface area contributed by atoms with Gasteiger partial charge in [0.1, 0.15) is 0 Å². The Labute approximate surface area is 107 Å². The van der Waals surface area contributed by atoms with Crippen molar-refractivity contribution in [3.8, 4) is 0 Å². The molecule has 3 atom stereocenters. The zero-order valence-electron chi connectivity index (χ0n) is 10.4. The first-order chi connectivity index (χ1) is 8.08. The Kier molecular flexibility index (Phi) is 3.99. The second kappa shape index (κ2) is 5.15. The first-order valence-electron chi connectivity index (χ1n) is 5.79. The van der Waals surface area contributed by atoms with E-state index < -0.39 is 6.72 Å². The van der Waals surface area contributed by atoms with Crippen LogP contribution in [0.1, 0.15) is 24.7 Å². The molecule has 1 unspecified atom stereocenters. The van der Waals surface area contributed by atoms with Crippen LogP contribution in [0, 0.1) is 0 Å². The molecule has 2 rings (SSSR count). The molecule has 1 aromatic rings. The van der Waals surface area contributed by atoms with Crippen molar-refractivity contribution in [2.24, 2.45) is 0 Å². The fourth-order valence-corrected chi connectivity index (χ4v) is 7.45. The number of nitrogens with zero attached hydrogens (tertiary/aromatic N) is 1. The molecule has 1 heterocycles. The van der Waals surface area contributed by atoms with Crippen LogP contribution in [-0.4, -0.2) is 24.4 Å². The highest BCUT2D eigenvalue weighted by molar-refractivity contribution is 8.56. The van der Waals surface area contributed by atoms with Gasteiger partial charge in [-0.3, -0.25) is 4.57 Å². The maximum Gasteiger partial charge on any atom is 0.329 e. The van der Waals surface area contributed by atoms with Crippen LogP contribution >= 0.6 is 18.1 Å². The maximum absolute atomic E-state index is 12.6. The Morgan fingerprint density at radius 1 is 1.41 bits per heavy atom. The second-order valence-electron chi connectivity index (χ2n) is 4.14. The van der Waals surface area contributed by atoms with Crippen molar-refractivity contribution in [3.05, 3.63) is 35.9 Å². The highest BCUT2D eigenvalue weighted by Crippen LogP contribution is 2.73. The largest absolute Gasteiger partial charge is 0.329 e. The van der Waals surface area contributed by atoms with E-state index in [9.17, 15) is 4.57 Å². The van der Waals surface area contributed by atoms with E-state index in [-0.39, 0.29) is 11.3 Å². The Bertz CT molecular complexity index is 426. The van der Waals surface area contributed by atoms with Gasteiger partial charge in [0.2, 0.25) is 0 Å². The van der Waals surface area contributed by atoms with E-state index in [1.165, 1.54) is 16.9 Å². The summed E-state index contributed by atoms with van der Waals surface area (Å²) in [6, 6.07) is 10.4. The third kappa shape index (κ3) is 2.45. The van der Waals surface area contributed by atoms with Crippen molar-refractivity contribution in [2.45, 2.75) is 25.1 Å². The standard InChI is InChI=1S/C12H18NO2PS/c1-4-15-16(14)13(3)10(2)12(17-16)11-8-6-5-7-9-11/h5-10,12H,4H2,1-3H3/t10-,12+,16?/m0/s1. The Morgan fingerprint density at radius 3 is 2.65 bits per heavy atom. The van der Waals surface area contributed by atoms with E-state index in [4.69, 9.17) is 4.52 Å². The number of hydrogen-bond donors (Lipinski definition) is 0. The summed E-state index contributed by atoms with van der Waals surface area (Å²) in [5, 5.41) is 0.221. The van der Waals surface area contributed by atoms with E-state index in [0.717, 1.165) is 0 Å². The number of likely N-dealkylation sites (N-methyl/N-ethyl adjacent to an activating group) is 1. The van der Waals surface area contributed by atoms with Crippen LogP contribution in [0.4, 0.5) is 0 Å². The molecule has 17 heavy (non-hydrogen) atoms. The highest BCUT2D eigenvalue weighted by atomic mass is 32.7. The van der Waals surface area contributed by atoms with E-state index >= 15 is 0 Å². The minimum atomic E-state index is -2.69. The Balaban J connectivity index is 2.26. The van der Waals surface area contributed by atoms with E-state index in [1.807, 2.05) is 36.8 Å². The zero-order valence-corrected chi connectivity index (χ0v) is 12.1. The van der Waals surface area contributed by atoms with Crippen molar-refractivity contribution in [1.82, 2.24) is 4.67 Å². The lowest BCUT2D eigenvalue weighted by Crippen LogP contribution is -2.23. The number of benzene rings is 1. The van der Waals surface area contributed by atoms with Crippen LogP contribution in [0.15, 0.2) is 30.3 Å². The van der Waals surface area contributed by atoms with Crippen LogP contribution in [-0.2, 0) is 9.09 Å². The third-order valence-electron chi connectivity index (χ3n) is 3.08. The molecule has 0 aliphatic carbocycles. The molecule has 0 aromatic heterocycles. The number of hydrogen-bond acceptors (Lipinski definition) is 3. The molecular weight excluding hydrogens is 253 g/mol. The third-order valence-corrected chi connectivity index (χ3v) is 8.53. The normalized spacial score (nSPS) is 34.1. The summed E-state index contributed by atoms with van der Waals surface area (Å²) >= 11 is 1.47. The van der Waals surface area contributed by atoms with E-state index in [2.05, 4.69) is 19.1 Å². The van der Waals surface area contributed by atoms with E-state index in [1.54, 1.807) is 0 Å². The van der Waals surface area contributed by atoms with Crippen LogP contribution in [0.25, 0.3) is 0 Å². The number of rotatable bonds is 3. The average Bonchev–Trinajstić information content (AvgIpc) is 2.56. The molecule has 0 N–H and O–H groups in total. The molecule has 0 amide bonds. The Morgan fingerprint density at radius 2 is 2.06 bits per heavy atom. The summed E-state index contributed by atoms with van der Waals surface area (Å²) in [4.78, 5) is 0. The highest BCUT2D eigenvalue weighted by Gasteiger charge is 2.47. The first-order valence-corrected chi connectivity index (χ1v) is 8.86. The molecule has 1 saturated heterocycles. The molecule has 5 heteroatoms. The summed E-state index contributed by atoms with van der Waals surface area (Å²) in [6.07, 6.45) is 0. The predicted octanol–water partition coefficient (Wildman–Crippen LogP) is 3.94. The summed E-state index contributed by atoms with van der Waals surface area (Å²) in [5.74, 6) is 0. The van der Waals surface area contributed by atoms with Gasteiger partial charge in [-0.05, 0) is 37.8 Å².